The number of rotatable bonds is 9. The lowest BCUT2D eigenvalue weighted by Crippen LogP contribution is -2.36. The monoisotopic (exact) mass is 446 g/mol. The number of amides is 1. The molecule has 2 aromatic carbocycles. The molecule has 1 aliphatic carbocycles. The highest BCUT2D eigenvalue weighted by Gasteiger charge is 2.24. The van der Waals surface area contributed by atoms with Gasteiger partial charge in [-0.25, -0.2) is 0 Å². The number of benzene rings is 2. The normalized spacial score (nSPS) is 18.2. The van der Waals surface area contributed by atoms with Crippen LogP contribution in [0.4, 0.5) is 0 Å². The fraction of sp³-hybridized carbons (Fsp3) is 0.393. The maximum Gasteiger partial charge on any atom is 0.255 e. The van der Waals surface area contributed by atoms with Gasteiger partial charge in [-0.2, -0.15) is 0 Å². The SMILES string of the molecule is COc1ccc(OCc2ccccc2)c(C(=O)NCCC2=CC(C)N(C3CCCC3)C=C2)c1. The molecule has 0 saturated heterocycles. The third-order valence-electron chi connectivity index (χ3n) is 6.50. The van der Waals surface area contributed by atoms with Crippen molar-refractivity contribution in [1.82, 2.24) is 10.2 Å². The van der Waals surface area contributed by atoms with Crippen molar-refractivity contribution in [2.75, 3.05) is 13.7 Å². The van der Waals surface area contributed by atoms with Crippen molar-refractivity contribution in [2.45, 2.75) is 57.7 Å². The number of methoxy groups -OCH3 is 1. The largest absolute Gasteiger partial charge is 0.497 e. The van der Waals surface area contributed by atoms with Gasteiger partial charge in [-0.3, -0.25) is 4.79 Å². The third-order valence-corrected chi connectivity index (χ3v) is 6.50. The molecule has 0 bridgehead atoms. The Morgan fingerprint density at radius 1 is 1.12 bits per heavy atom. The molecule has 1 amide bonds. The molecule has 1 aliphatic heterocycles. The van der Waals surface area contributed by atoms with E-state index in [4.69, 9.17) is 9.47 Å². The van der Waals surface area contributed by atoms with Crippen LogP contribution < -0.4 is 14.8 Å². The minimum absolute atomic E-state index is 0.155. The van der Waals surface area contributed by atoms with Gasteiger partial charge in [-0.05, 0) is 61.6 Å². The van der Waals surface area contributed by atoms with E-state index < -0.39 is 0 Å². The molecule has 5 heteroatoms. The molecular formula is C28H34N2O3. The lowest BCUT2D eigenvalue weighted by Gasteiger charge is -2.34. The second-order valence-electron chi connectivity index (χ2n) is 8.83. The lowest BCUT2D eigenvalue weighted by molar-refractivity contribution is 0.0949. The molecule has 2 aliphatic rings. The molecule has 174 valence electrons. The molecule has 0 radical (unpaired) electrons. The number of ether oxygens (including phenoxy) is 2. The van der Waals surface area contributed by atoms with Crippen molar-refractivity contribution in [3.8, 4) is 11.5 Å². The molecule has 1 N–H and O–H groups in total. The van der Waals surface area contributed by atoms with Crippen LogP contribution in [-0.4, -0.2) is 36.5 Å². The molecule has 33 heavy (non-hydrogen) atoms. The zero-order valence-electron chi connectivity index (χ0n) is 19.6. The summed E-state index contributed by atoms with van der Waals surface area (Å²) < 4.78 is 11.3. The summed E-state index contributed by atoms with van der Waals surface area (Å²) in [5.74, 6) is 1.03. The van der Waals surface area contributed by atoms with Crippen LogP contribution in [0.1, 0.15) is 54.9 Å². The zero-order valence-corrected chi connectivity index (χ0v) is 19.6. The highest BCUT2D eigenvalue weighted by molar-refractivity contribution is 5.97. The van der Waals surface area contributed by atoms with E-state index in [0.717, 1.165) is 12.0 Å². The average molecular weight is 447 g/mol. The van der Waals surface area contributed by atoms with E-state index in [9.17, 15) is 4.79 Å². The number of carbonyl (C=O) groups is 1. The van der Waals surface area contributed by atoms with Gasteiger partial charge in [0.2, 0.25) is 0 Å². The van der Waals surface area contributed by atoms with E-state index >= 15 is 0 Å². The molecule has 1 saturated carbocycles. The molecule has 4 rings (SSSR count). The van der Waals surface area contributed by atoms with E-state index in [2.05, 4.69) is 35.5 Å². The fourth-order valence-electron chi connectivity index (χ4n) is 4.68. The minimum atomic E-state index is -0.155. The van der Waals surface area contributed by atoms with Crippen LogP contribution in [0.15, 0.2) is 72.5 Å². The number of hydrogen-bond donors (Lipinski definition) is 1. The molecule has 2 aromatic rings. The molecule has 5 nitrogen and oxygen atoms in total. The predicted molar refractivity (Wildman–Crippen MR) is 131 cm³/mol. The van der Waals surface area contributed by atoms with E-state index in [1.807, 2.05) is 36.4 Å². The van der Waals surface area contributed by atoms with Crippen LogP contribution >= 0.6 is 0 Å². The summed E-state index contributed by atoms with van der Waals surface area (Å²) >= 11 is 0. The van der Waals surface area contributed by atoms with Crippen molar-refractivity contribution in [1.29, 1.82) is 0 Å². The smallest absolute Gasteiger partial charge is 0.255 e. The van der Waals surface area contributed by atoms with Crippen molar-refractivity contribution < 1.29 is 14.3 Å². The van der Waals surface area contributed by atoms with Crippen LogP contribution in [0, 0.1) is 0 Å². The summed E-state index contributed by atoms with van der Waals surface area (Å²) in [4.78, 5) is 15.5. The van der Waals surface area contributed by atoms with Gasteiger partial charge in [0.05, 0.1) is 12.7 Å². The first-order valence-corrected chi connectivity index (χ1v) is 11.9. The first-order chi connectivity index (χ1) is 16.1. The van der Waals surface area contributed by atoms with Gasteiger partial charge in [-0.15, -0.1) is 0 Å². The summed E-state index contributed by atoms with van der Waals surface area (Å²) in [5.41, 5.74) is 2.80. The van der Waals surface area contributed by atoms with Crippen molar-refractivity contribution >= 4 is 5.91 Å². The first kappa shape index (κ1) is 23.0. The Balaban J connectivity index is 1.34. The topological polar surface area (TPSA) is 50.8 Å². The highest BCUT2D eigenvalue weighted by Crippen LogP contribution is 2.29. The van der Waals surface area contributed by atoms with E-state index in [1.54, 1.807) is 19.2 Å². The fourth-order valence-corrected chi connectivity index (χ4v) is 4.68. The molecule has 1 heterocycles. The summed E-state index contributed by atoms with van der Waals surface area (Å²) in [6, 6.07) is 16.3. The molecule has 1 unspecified atom stereocenters. The van der Waals surface area contributed by atoms with Crippen LogP contribution in [0.3, 0.4) is 0 Å². The van der Waals surface area contributed by atoms with E-state index in [0.29, 0.717) is 42.3 Å². The van der Waals surface area contributed by atoms with Gasteiger partial charge >= 0.3 is 0 Å². The molecule has 0 spiro atoms. The van der Waals surface area contributed by atoms with Crippen LogP contribution in [0.25, 0.3) is 0 Å². The maximum absolute atomic E-state index is 13.0. The van der Waals surface area contributed by atoms with Crippen LogP contribution in [0.2, 0.25) is 0 Å². The molecule has 1 atom stereocenters. The quantitative estimate of drug-likeness (QED) is 0.554. The number of carbonyl (C=O) groups excluding carboxylic acids is 1. The predicted octanol–water partition coefficient (Wildman–Crippen LogP) is 5.48. The van der Waals surface area contributed by atoms with Gasteiger partial charge in [-0.1, -0.05) is 49.2 Å². The van der Waals surface area contributed by atoms with Crippen molar-refractivity contribution in [3.63, 3.8) is 0 Å². The Bertz CT molecular complexity index is 993. The Morgan fingerprint density at radius 3 is 2.64 bits per heavy atom. The Kier molecular flexibility index (Phi) is 7.71. The molecule has 0 aromatic heterocycles. The summed E-state index contributed by atoms with van der Waals surface area (Å²) in [6.45, 7) is 3.23. The highest BCUT2D eigenvalue weighted by atomic mass is 16.5. The number of nitrogens with zero attached hydrogens (tertiary/aromatic N) is 1. The van der Waals surface area contributed by atoms with E-state index in [-0.39, 0.29) is 5.91 Å². The lowest BCUT2D eigenvalue weighted by atomic mass is 10.0. The molecular weight excluding hydrogens is 412 g/mol. The third kappa shape index (κ3) is 5.98. The summed E-state index contributed by atoms with van der Waals surface area (Å²) in [6.07, 6.45) is 12.8. The van der Waals surface area contributed by atoms with Gasteiger partial charge in [0.15, 0.2) is 0 Å². The van der Waals surface area contributed by atoms with Gasteiger partial charge < -0.3 is 19.7 Å². The Morgan fingerprint density at radius 2 is 1.91 bits per heavy atom. The van der Waals surface area contributed by atoms with Crippen LogP contribution in [-0.2, 0) is 6.61 Å². The van der Waals surface area contributed by atoms with Gasteiger partial charge in [0.25, 0.3) is 5.91 Å². The average Bonchev–Trinajstić information content (AvgIpc) is 3.38. The molecule has 1 fully saturated rings. The summed E-state index contributed by atoms with van der Waals surface area (Å²) in [5, 5.41) is 3.05. The second kappa shape index (κ2) is 11.1. The van der Waals surface area contributed by atoms with Crippen molar-refractivity contribution in [3.05, 3.63) is 83.6 Å². The zero-order chi connectivity index (χ0) is 23.0. The van der Waals surface area contributed by atoms with Gasteiger partial charge in [0, 0.05) is 24.8 Å². The number of hydrogen-bond acceptors (Lipinski definition) is 4. The Labute approximate surface area is 197 Å². The van der Waals surface area contributed by atoms with E-state index in [1.165, 1.54) is 31.3 Å². The minimum Gasteiger partial charge on any atom is -0.497 e. The van der Waals surface area contributed by atoms with Gasteiger partial charge in [0.1, 0.15) is 18.1 Å². The van der Waals surface area contributed by atoms with Crippen molar-refractivity contribution in [2.24, 2.45) is 0 Å². The van der Waals surface area contributed by atoms with Crippen LogP contribution in [0.5, 0.6) is 11.5 Å². The standard InChI is InChI=1S/C28H34N2O3/c1-21-18-22(15-17-30(21)24-10-6-7-11-24)14-16-29-28(31)26-19-25(32-2)12-13-27(26)33-20-23-8-4-3-5-9-23/h3-5,8-9,12-13,15,17-19,21,24H,6-7,10-11,14,16,20H2,1-2H3,(H,29,31). The number of nitrogens with one attached hydrogen (secondary N) is 1. The number of allylic oxidation sites excluding steroid dienone is 1. The summed E-state index contributed by atoms with van der Waals surface area (Å²) in [7, 11) is 1.60. The second-order valence-corrected chi connectivity index (χ2v) is 8.83. The Hall–Kier alpha value is -3.21. The first-order valence-electron chi connectivity index (χ1n) is 11.9. The maximum atomic E-state index is 13.0.